The summed E-state index contributed by atoms with van der Waals surface area (Å²) in [6.45, 7) is 3.62. The highest BCUT2D eigenvalue weighted by atomic mass is 32.2. The van der Waals surface area contributed by atoms with Gasteiger partial charge in [-0.05, 0) is 19.8 Å². The second kappa shape index (κ2) is 5.01. The predicted octanol–water partition coefficient (Wildman–Crippen LogP) is 1.28. The molecule has 1 N–H and O–H groups in total. The zero-order valence-electron chi connectivity index (χ0n) is 6.95. The van der Waals surface area contributed by atoms with Crippen LogP contribution in [0.15, 0.2) is 0 Å². The number of aliphatic hydroxyl groups is 1. The second-order valence-electron chi connectivity index (χ2n) is 3.02. The van der Waals surface area contributed by atoms with Gasteiger partial charge >= 0.3 is 0 Å². The molecule has 3 heteroatoms. The summed E-state index contributed by atoms with van der Waals surface area (Å²) in [5.41, 5.74) is 0. The average Bonchev–Trinajstić information content (AvgIpc) is 2.03. The van der Waals surface area contributed by atoms with E-state index in [9.17, 15) is 0 Å². The Morgan fingerprint density at radius 2 is 2.55 bits per heavy atom. The van der Waals surface area contributed by atoms with Crippen LogP contribution in [0.4, 0.5) is 0 Å². The molecule has 0 amide bonds. The highest BCUT2D eigenvalue weighted by Crippen LogP contribution is 2.21. The van der Waals surface area contributed by atoms with E-state index >= 15 is 0 Å². The lowest BCUT2D eigenvalue weighted by atomic mass is 10.2. The van der Waals surface area contributed by atoms with Crippen LogP contribution in [-0.2, 0) is 4.74 Å². The van der Waals surface area contributed by atoms with Crippen molar-refractivity contribution in [2.75, 3.05) is 19.0 Å². The number of aliphatic hydroxyl groups excluding tert-OH is 1. The van der Waals surface area contributed by atoms with Crippen LogP contribution in [0.2, 0.25) is 0 Å². The summed E-state index contributed by atoms with van der Waals surface area (Å²) in [4.78, 5) is 0. The van der Waals surface area contributed by atoms with Crippen molar-refractivity contribution in [3.8, 4) is 0 Å². The first kappa shape index (κ1) is 9.36. The fourth-order valence-electron chi connectivity index (χ4n) is 1.12. The number of rotatable bonds is 3. The van der Waals surface area contributed by atoms with E-state index in [1.807, 2.05) is 18.7 Å². The molecule has 0 spiro atoms. The lowest BCUT2D eigenvalue weighted by Crippen LogP contribution is -2.21. The van der Waals surface area contributed by atoms with Gasteiger partial charge in [-0.15, -0.1) is 0 Å². The van der Waals surface area contributed by atoms with E-state index in [0.29, 0.717) is 5.25 Å². The van der Waals surface area contributed by atoms with Gasteiger partial charge in [-0.2, -0.15) is 11.8 Å². The minimum Gasteiger partial charge on any atom is -0.393 e. The van der Waals surface area contributed by atoms with Gasteiger partial charge in [0.05, 0.1) is 12.7 Å². The first-order valence-electron chi connectivity index (χ1n) is 4.16. The van der Waals surface area contributed by atoms with Crippen LogP contribution in [0.5, 0.6) is 0 Å². The van der Waals surface area contributed by atoms with Crippen LogP contribution in [0, 0.1) is 0 Å². The molecule has 0 aromatic rings. The van der Waals surface area contributed by atoms with E-state index in [1.165, 1.54) is 12.8 Å². The van der Waals surface area contributed by atoms with Gasteiger partial charge in [-0.25, -0.2) is 0 Å². The highest BCUT2D eigenvalue weighted by Gasteiger charge is 2.14. The van der Waals surface area contributed by atoms with E-state index in [1.54, 1.807) is 0 Å². The molecule has 1 aliphatic rings. The molecular weight excluding hydrogens is 160 g/mol. The molecule has 1 fully saturated rings. The lowest BCUT2D eigenvalue weighted by Gasteiger charge is -2.21. The smallest absolute Gasteiger partial charge is 0.0602 e. The van der Waals surface area contributed by atoms with Gasteiger partial charge in [0.15, 0.2) is 0 Å². The van der Waals surface area contributed by atoms with Crippen LogP contribution in [0.3, 0.4) is 0 Å². The zero-order chi connectivity index (χ0) is 8.10. The third-order valence-corrected chi connectivity index (χ3v) is 3.21. The Kier molecular flexibility index (Phi) is 4.26. The largest absolute Gasteiger partial charge is 0.393 e. The van der Waals surface area contributed by atoms with Crippen LogP contribution in [0.25, 0.3) is 0 Å². The minimum atomic E-state index is -0.179. The Labute approximate surface area is 72.3 Å². The fourth-order valence-corrected chi connectivity index (χ4v) is 2.19. The molecule has 2 nitrogen and oxygen atoms in total. The van der Waals surface area contributed by atoms with Crippen molar-refractivity contribution in [1.82, 2.24) is 0 Å². The standard InChI is InChI=1S/C8H16O2S/c1-7(9)6-11-8-3-2-4-10-5-8/h7-9H,2-6H2,1H3. The molecule has 0 aliphatic carbocycles. The monoisotopic (exact) mass is 176 g/mol. The van der Waals surface area contributed by atoms with Crippen molar-refractivity contribution >= 4 is 11.8 Å². The molecule has 1 rings (SSSR count). The van der Waals surface area contributed by atoms with Gasteiger partial charge in [0.2, 0.25) is 0 Å². The van der Waals surface area contributed by atoms with E-state index in [2.05, 4.69) is 0 Å². The van der Waals surface area contributed by atoms with Crippen LogP contribution >= 0.6 is 11.8 Å². The Hall–Kier alpha value is 0.270. The van der Waals surface area contributed by atoms with Crippen LogP contribution < -0.4 is 0 Å². The molecule has 0 saturated carbocycles. The van der Waals surface area contributed by atoms with Crippen molar-refractivity contribution in [2.45, 2.75) is 31.1 Å². The Morgan fingerprint density at radius 1 is 1.73 bits per heavy atom. The summed E-state index contributed by atoms with van der Waals surface area (Å²) in [7, 11) is 0. The molecule has 1 saturated heterocycles. The van der Waals surface area contributed by atoms with Crippen LogP contribution in [-0.4, -0.2) is 35.4 Å². The number of ether oxygens (including phenoxy) is 1. The van der Waals surface area contributed by atoms with E-state index in [0.717, 1.165) is 19.0 Å². The van der Waals surface area contributed by atoms with Crippen molar-refractivity contribution in [1.29, 1.82) is 0 Å². The van der Waals surface area contributed by atoms with Crippen molar-refractivity contribution in [3.05, 3.63) is 0 Å². The maximum absolute atomic E-state index is 9.02. The molecule has 1 aliphatic heterocycles. The molecule has 2 atom stereocenters. The molecule has 2 unspecified atom stereocenters. The molecular formula is C8H16O2S. The van der Waals surface area contributed by atoms with Gasteiger partial charge in [0.1, 0.15) is 0 Å². The fraction of sp³-hybridized carbons (Fsp3) is 1.00. The maximum Gasteiger partial charge on any atom is 0.0602 e. The Bertz CT molecular complexity index is 100. The molecule has 66 valence electrons. The lowest BCUT2D eigenvalue weighted by molar-refractivity contribution is 0.101. The van der Waals surface area contributed by atoms with E-state index in [4.69, 9.17) is 9.84 Å². The normalized spacial score (nSPS) is 28.4. The maximum atomic E-state index is 9.02. The van der Waals surface area contributed by atoms with Crippen LogP contribution in [0.1, 0.15) is 19.8 Å². The third kappa shape index (κ3) is 3.99. The molecule has 0 bridgehead atoms. The summed E-state index contributed by atoms with van der Waals surface area (Å²) in [5.74, 6) is 0.841. The molecule has 0 aromatic carbocycles. The Morgan fingerprint density at radius 3 is 3.09 bits per heavy atom. The number of thioether (sulfide) groups is 1. The minimum absolute atomic E-state index is 0.179. The van der Waals surface area contributed by atoms with Crippen molar-refractivity contribution in [2.24, 2.45) is 0 Å². The average molecular weight is 176 g/mol. The van der Waals surface area contributed by atoms with E-state index < -0.39 is 0 Å². The van der Waals surface area contributed by atoms with Gasteiger partial charge in [-0.3, -0.25) is 0 Å². The summed E-state index contributed by atoms with van der Waals surface area (Å²) >= 11 is 1.83. The zero-order valence-corrected chi connectivity index (χ0v) is 7.77. The topological polar surface area (TPSA) is 29.5 Å². The number of hydrogen-bond acceptors (Lipinski definition) is 3. The summed E-state index contributed by atoms with van der Waals surface area (Å²) in [5, 5.41) is 9.64. The Balaban J connectivity index is 2.05. The van der Waals surface area contributed by atoms with Gasteiger partial charge in [0.25, 0.3) is 0 Å². The SMILES string of the molecule is CC(O)CSC1CCCOC1. The van der Waals surface area contributed by atoms with E-state index in [-0.39, 0.29) is 6.10 Å². The highest BCUT2D eigenvalue weighted by molar-refractivity contribution is 7.99. The van der Waals surface area contributed by atoms with Crippen molar-refractivity contribution in [3.63, 3.8) is 0 Å². The predicted molar refractivity (Wildman–Crippen MR) is 48.0 cm³/mol. The number of hydrogen-bond donors (Lipinski definition) is 1. The first-order chi connectivity index (χ1) is 5.29. The summed E-state index contributed by atoms with van der Waals surface area (Å²) in [6, 6.07) is 0. The summed E-state index contributed by atoms with van der Waals surface area (Å²) < 4.78 is 5.31. The van der Waals surface area contributed by atoms with Crippen molar-refractivity contribution < 1.29 is 9.84 Å². The van der Waals surface area contributed by atoms with Gasteiger partial charge < -0.3 is 9.84 Å². The molecule has 0 radical (unpaired) electrons. The first-order valence-corrected chi connectivity index (χ1v) is 5.21. The van der Waals surface area contributed by atoms with Gasteiger partial charge in [0, 0.05) is 17.6 Å². The third-order valence-electron chi connectivity index (χ3n) is 1.69. The molecule has 0 aromatic heterocycles. The second-order valence-corrected chi connectivity index (χ2v) is 4.35. The molecule has 11 heavy (non-hydrogen) atoms. The summed E-state index contributed by atoms with van der Waals surface area (Å²) in [6.07, 6.45) is 2.25. The van der Waals surface area contributed by atoms with Gasteiger partial charge in [-0.1, -0.05) is 0 Å². The quantitative estimate of drug-likeness (QED) is 0.702. The molecule has 1 heterocycles.